The third kappa shape index (κ3) is 6.06. The predicted molar refractivity (Wildman–Crippen MR) is 131 cm³/mol. The monoisotopic (exact) mass is 449 g/mol. The van der Waals surface area contributed by atoms with Gasteiger partial charge in [-0.3, -0.25) is 4.79 Å². The lowest BCUT2D eigenvalue weighted by Crippen LogP contribution is -2.32. The van der Waals surface area contributed by atoms with Gasteiger partial charge < -0.3 is 19.4 Å². The average Bonchev–Trinajstić information content (AvgIpc) is 3.22. The van der Waals surface area contributed by atoms with Crippen LogP contribution >= 0.6 is 0 Å². The number of hydrogen-bond acceptors (Lipinski definition) is 4. The summed E-state index contributed by atoms with van der Waals surface area (Å²) >= 11 is 0. The van der Waals surface area contributed by atoms with E-state index >= 15 is 0 Å². The minimum absolute atomic E-state index is 0.214. The van der Waals surface area contributed by atoms with Crippen molar-refractivity contribution >= 4 is 16.9 Å². The highest BCUT2D eigenvalue weighted by Crippen LogP contribution is 2.26. The first kappa shape index (κ1) is 23.1. The van der Waals surface area contributed by atoms with Crippen molar-refractivity contribution in [3.63, 3.8) is 0 Å². The van der Waals surface area contributed by atoms with Crippen LogP contribution in [0.4, 0.5) is 0 Å². The molecular weight excluding hydrogens is 414 g/mol. The van der Waals surface area contributed by atoms with Gasteiger partial charge in [-0.2, -0.15) is 0 Å². The maximum atomic E-state index is 12.4. The number of fused-ring (bicyclic) bond motifs is 1. The molecule has 1 saturated carbocycles. The Kier molecular flexibility index (Phi) is 8.23. The average molecular weight is 450 g/mol. The summed E-state index contributed by atoms with van der Waals surface area (Å²) in [5.41, 5.74) is 2.17. The molecule has 1 N–H and O–H groups in total. The summed E-state index contributed by atoms with van der Waals surface area (Å²) in [6, 6.07) is 16.0. The van der Waals surface area contributed by atoms with Gasteiger partial charge in [-0.25, -0.2) is 4.98 Å². The van der Waals surface area contributed by atoms with E-state index in [1.165, 1.54) is 19.3 Å². The van der Waals surface area contributed by atoms with Crippen molar-refractivity contribution in [2.45, 2.75) is 57.9 Å². The number of amides is 1. The number of aryl methyl sites for hydroxylation is 2. The minimum atomic E-state index is 0.214. The van der Waals surface area contributed by atoms with Crippen molar-refractivity contribution in [1.29, 1.82) is 0 Å². The number of ether oxygens (including phenoxy) is 2. The van der Waals surface area contributed by atoms with Crippen molar-refractivity contribution < 1.29 is 14.3 Å². The summed E-state index contributed by atoms with van der Waals surface area (Å²) < 4.78 is 13.6. The standard InChI is InChI=1S/C27H35N3O3/c1-32-24-15-7-8-16-25(24)33-20-10-19-30-23-14-6-5-13-22(23)29-26(30)17-9-18-28-27(31)21-11-3-2-4-12-21/h5-8,13-16,21H,2-4,9-12,17-20H2,1H3,(H,28,31). The van der Waals surface area contributed by atoms with Gasteiger partial charge in [-0.05, 0) is 49.9 Å². The van der Waals surface area contributed by atoms with Gasteiger partial charge in [0.25, 0.3) is 0 Å². The van der Waals surface area contributed by atoms with E-state index in [1.54, 1.807) is 7.11 Å². The maximum Gasteiger partial charge on any atom is 0.223 e. The van der Waals surface area contributed by atoms with Gasteiger partial charge in [0.15, 0.2) is 11.5 Å². The van der Waals surface area contributed by atoms with Gasteiger partial charge in [0.2, 0.25) is 5.91 Å². The zero-order valence-electron chi connectivity index (χ0n) is 19.6. The van der Waals surface area contributed by atoms with Crippen molar-refractivity contribution in [2.24, 2.45) is 5.92 Å². The van der Waals surface area contributed by atoms with Gasteiger partial charge in [0.1, 0.15) is 5.82 Å². The van der Waals surface area contributed by atoms with E-state index in [0.717, 1.165) is 67.0 Å². The molecule has 4 rings (SSSR count). The van der Waals surface area contributed by atoms with Crippen LogP contribution in [0.1, 0.15) is 50.8 Å². The smallest absolute Gasteiger partial charge is 0.223 e. The van der Waals surface area contributed by atoms with Crippen LogP contribution in [0.5, 0.6) is 11.5 Å². The zero-order chi connectivity index (χ0) is 22.9. The quantitative estimate of drug-likeness (QED) is 0.412. The number of rotatable bonds is 11. The minimum Gasteiger partial charge on any atom is -0.493 e. The Morgan fingerprint density at radius 1 is 1.03 bits per heavy atom. The summed E-state index contributed by atoms with van der Waals surface area (Å²) in [5, 5.41) is 3.15. The Labute approximate surface area is 196 Å². The molecule has 0 radical (unpaired) electrons. The van der Waals surface area contributed by atoms with E-state index in [-0.39, 0.29) is 11.8 Å². The second-order valence-corrected chi connectivity index (χ2v) is 8.75. The molecule has 6 nitrogen and oxygen atoms in total. The first-order valence-electron chi connectivity index (χ1n) is 12.2. The van der Waals surface area contributed by atoms with Gasteiger partial charge in [-0.1, -0.05) is 43.5 Å². The van der Waals surface area contributed by atoms with Crippen molar-refractivity contribution in [2.75, 3.05) is 20.3 Å². The molecule has 1 aliphatic rings. The number of aromatic nitrogens is 2. The SMILES string of the molecule is COc1ccccc1OCCCn1c(CCCNC(=O)C2CCCCC2)nc2ccccc21. The lowest BCUT2D eigenvalue weighted by Gasteiger charge is -2.20. The molecule has 0 unspecified atom stereocenters. The molecule has 3 aromatic rings. The Hall–Kier alpha value is -3.02. The Morgan fingerprint density at radius 2 is 1.79 bits per heavy atom. The highest BCUT2D eigenvalue weighted by atomic mass is 16.5. The lowest BCUT2D eigenvalue weighted by molar-refractivity contribution is -0.125. The molecule has 1 fully saturated rings. The summed E-state index contributed by atoms with van der Waals surface area (Å²) in [6.07, 6.45) is 8.31. The first-order chi connectivity index (χ1) is 16.3. The Balaban J connectivity index is 1.31. The number of benzene rings is 2. The number of imidazole rings is 1. The fourth-order valence-corrected chi connectivity index (χ4v) is 4.68. The molecule has 0 aliphatic heterocycles. The maximum absolute atomic E-state index is 12.4. The largest absolute Gasteiger partial charge is 0.493 e. The summed E-state index contributed by atoms with van der Waals surface area (Å²) in [7, 11) is 1.66. The molecule has 1 amide bonds. The van der Waals surface area contributed by atoms with Crippen LogP contribution in [0.2, 0.25) is 0 Å². The topological polar surface area (TPSA) is 65.4 Å². The molecular formula is C27H35N3O3. The van der Waals surface area contributed by atoms with Gasteiger partial charge in [-0.15, -0.1) is 0 Å². The van der Waals surface area contributed by atoms with E-state index in [4.69, 9.17) is 14.5 Å². The molecule has 1 heterocycles. The second kappa shape index (κ2) is 11.7. The molecule has 0 spiro atoms. The fourth-order valence-electron chi connectivity index (χ4n) is 4.68. The molecule has 2 aromatic carbocycles. The van der Waals surface area contributed by atoms with Crippen molar-refractivity contribution in [3.8, 4) is 11.5 Å². The number of nitrogens with zero attached hydrogens (tertiary/aromatic N) is 2. The zero-order valence-corrected chi connectivity index (χ0v) is 19.6. The molecule has 6 heteroatoms. The highest BCUT2D eigenvalue weighted by Gasteiger charge is 2.20. The Bertz CT molecular complexity index is 1040. The van der Waals surface area contributed by atoms with Crippen molar-refractivity contribution in [3.05, 3.63) is 54.4 Å². The Morgan fingerprint density at radius 3 is 2.61 bits per heavy atom. The van der Waals surface area contributed by atoms with Gasteiger partial charge >= 0.3 is 0 Å². The normalized spacial score (nSPS) is 14.3. The van der Waals surface area contributed by atoms with E-state index < -0.39 is 0 Å². The van der Waals surface area contributed by atoms with Gasteiger partial charge in [0, 0.05) is 25.4 Å². The highest BCUT2D eigenvalue weighted by molar-refractivity contribution is 5.78. The van der Waals surface area contributed by atoms with Crippen LogP contribution in [0.25, 0.3) is 11.0 Å². The summed E-state index contributed by atoms with van der Waals surface area (Å²) in [6.45, 7) is 2.14. The fraction of sp³-hybridized carbons (Fsp3) is 0.481. The molecule has 0 bridgehead atoms. The number of nitrogens with one attached hydrogen (secondary N) is 1. The second-order valence-electron chi connectivity index (χ2n) is 8.75. The molecule has 1 aromatic heterocycles. The molecule has 0 saturated heterocycles. The van der Waals surface area contributed by atoms with Crippen LogP contribution in [0.3, 0.4) is 0 Å². The summed E-state index contributed by atoms with van der Waals surface area (Å²) in [4.78, 5) is 17.3. The van der Waals surface area contributed by atoms with E-state index in [9.17, 15) is 4.79 Å². The molecule has 33 heavy (non-hydrogen) atoms. The van der Waals surface area contributed by atoms with Crippen LogP contribution in [-0.2, 0) is 17.8 Å². The summed E-state index contributed by atoms with van der Waals surface area (Å²) in [5.74, 6) is 3.04. The predicted octanol–water partition coefficient (Wildman–Crippen LogP) is 5.14. The molecule has 176 valence electrons. The number of para-hydroxylation sites is 4. The van der Waals surface area contributed by atoms with Crippen LogP contribution in [-0.4, -0.2) is 35.7 Å². The molecule has 0 atom stereocenters. The molecule has 1 aliphatic carbocycles. The van der Waals surface area contributed by atoms with Crippen molar-refractivity contribution in [1.82, 2.24) is 14.9 Å². The van der Waals surface area contributed by atoms with Crippen LogP contribution in [0, 0.1) is 5.92 Å². The number of methoxy groups -OCH3 is 1. The van der Waals surface area contributed by atoms with Gasteiger partial charge in [0.05, 0.1) is 24.8 Å². The van der Waals surface area contributed by atoms with E-state index in [2.05, 4.69) is 28.1 Å². The van der Waals surface area contributed by atoms with E-state index in [1.807, 2.05) is 30.3 Å². The third-order valence-electron chi connectivity index (χ3n) is 6.44. The number of hydrogen-bond donors (Lipinski definition) is 1. The number of carbonyl (C=O) groups is 1. The van der Waals surface area contributed by atoms with Crippen LogP contribution in [0.15, 0.2) is 48.5 Å². The first-order valence-corrected chi connectivity index (χ1v) is 12.2. The number of carbonyl (C=O) groups excluding carboxylic acids is 1. The van der Waals surface area contributed by atoms with Crippen LogP contribution < -0.4 is 14.8 Å². The van der Waals surface area contributed by atoms with E-state index in [0.29, 0.717) is 13.2 Å². The lowest BCUT2D eigenvalue weighted by atomic mass is 9.89. The third-order valence-corrected chi connectivity index (χ3v) is 6.44.